The third-order valence-corrected chi connectivity index (χ3v) is 5.91. The second-order valence-corrected chi connectivity index (χ2v) is 8.01. The maximum absolute atomic E-state index is 14.0. The van der Waals surface area contributed by atoms with Gasteiger partial charge in [-0.1, -0.05) is 24.3 Å². The average Bonchev–Trinajstić information content (AvgIpc) is 3.24. The molecule has 0 atom stereocenters. The molecule has 0 aliphatic heterocycles. The Morgan fingerprint density at radius 3 is 2.17 bits per heavy atom. The fourth-order valence-electron chi connectivity index (χ4n) is 4.43. The van der Waals surface area contributed by atoms with E-state index in [1.807, 2.05) is 18.2 Å². The van der Waals surface area contributed by atoms with Crippen LogP contribution in [0.1, 0.15) is 50.6 Å². The molecule has 0 aliphatic rings. The van der Waals surface area contributed by atoms with Crippen LogP contribution in [0.2, 0.25) is 0 Å². The number of esters is 2. The van der Waals surface area contributed by atoms with Crippen molar-refractivity contribution in [3.8, 4) is 0 Å². The highest BCUT2D eigenvalue weighted by Crippen LogP contribution is 2.34. The van der Waals surface area contributed by atoms with Gasteiger partial charge in [-0.2, -0.15) is 0 Å². The maximum atomic E-state index is 14.0. The second-order valence-electron chi connectivity index (χ2n) is 8.01. The maximum Gasteiger partial charge on any atom is 0.341 e. The zero-order chi connectivity index (χ0) is 25.4. The molecule has 5 rings (SSSR count). The van der Waals surface area contributed by atoms with Crippen molar-refractivity contribution in [3.05, 3.63) is 95.1 Å². The minimum Gasteiger partial charge on any atom is -0.462 e. The van der Waals surface area contributed by atoms with E-state index in [2.05, 4.69) is 4.98 Å². The number of ether oxygens (including phenoxy) is 2. The molecule has 0 saturated heterocycles. The number of hydrogen-bond acceptors (Lipinski definition) is 6. The summed E-state index contributed by atoms with van der Waals surface area (Å²) in [5, 5.41) is 1.55. The number of nitrogens with zero attached hydrogens (tertiary/aromatic N) is 2. The number of fused-ring (bicyclic) bond motifs is 5. The molecule has 3 aromatic heterocycles. The number of aromatic nitrogens is 2. The van der Waals surface area contributed by atoms with Crippen LogP contribution in [0.3, 0.4) is 0 Å². The average molecular weight is 484 g/mol. The Balaban J connectivity index is 2.00. The molecule has 7 nitrogen and oxygen atoms in total. The van der Waals surface area contributed by atoms with E-state index >= 15 is 0 Å². The van der Waals surface area contributed by atoms with Crippen LogP contribution in [0, 0.1) is 5.82 Å². The Morgan fingerprint density at radius 1 is 0.833 bits per heavy atom. The van der Waals surface area contributed by atoms with Crippen LogP contribution in [-0.4, -0.2) is 40.3 Å². The van der Waals surface area contributed by atoms with Crippen molar-refractivity contribution in [3.63, 3.8) is 0 Å². The van der Waals surface area contributed by atoms with Gasteiger partial charge in [0.1, 0.15) is 22.6 Å². The highest BCUT2D eigenvalue weighted by molar-refractivity contribution is 6.21. The van der Waals surface area contributed by atoms with E-state index in [1.165, 1.54) is 12.1 Å². The van der Waals surface area contributed by atoms with E-state index < -0.39 is 23.5 Å². The number of ketones is 1. The Hall–Kier alpha value is -4.59. The molecule has 0 bridgehead atoms. The summed E-state index contributed by atoms with van der Waals surface area (Å²) in [7, 11) is 0. The van der Waals surface area contributed by atoms with Gasteiger partial charge in [-0.05, 0) is 50.2 Å². The largest absolute Gasteiger partial charge is 0.462 e. The van der Waals surface area contributed by atoms with Crippen molar-refractivity contribution < 1.29 is 28.2 Å². The number of carbonyl (C=O) groups excluding carboxylic acids is 3. The summed E-state index contributed by atoms with van der Waals surface area (Å²) in [4.78, 5) is 45.0. The molecule has 0 saturated carbocycles. The van der Waals surface area contributed by atoms with Crippen molar-refractivity contribution in [2.75, 3.05) is 13.2 Å². The van der Waals surface area contributed by atoms with Gasteiger partial charge < -0.3 is 13.9 Å². The molecule has 0 unspecified atom stereocenters. The Bertz CT molecular complexity index is 1670. The molecule has 8 heteroatoms. The summed E-state index contributed by atoms with van der Waals surface area (Å²) in [6.07, 6.45) is 1.63. The summed E-state index contributed by atoms with van der Waals surface area (Å²) in [5.74, 6) is -2.69. The molecule has 0 aliphatic carbocycles. The second kappa shape index (κ2) is 9.22. The minimum absolute atomic E-state index is 0.0305. The normalized spacial score (nSPS) is 11.2. The third-order valence-electron chi connectivity index (χ3n) is 5.91. The molecular formula is C28H21FN2O5. The Morgan fingerprint density at radius 2 is 1.47 bits per heavy atom. The molecular weight excluding hydrogens is 463 g/mol. The van der Waals surface area contributed by atoms with Crippen molar-refractivity contribution in [1.29, 1.82) is 0 Å². The molecule has 180 valence electrons. The van der Waals surface area contributed by atoms with E-state index in [-0.39, 0.29) is 35.6 Å². The minimum atomic E-state index is -0.837. The van der Waals surface area contributed by atoms with Gasteiger partial charge in [0.15, 0.2) is 0 Å². The lowest BCUT2D eigenvalue weighted by Gasteiger charge is -2.11. The fraction of sp³-hybridized carbons (Fsp3) is 0.143. The molecule has 0 N–H and O–H groups in total. The zero-order valence-corrected chi connectivity index (χ0v) is 19.6. The smallest absolute Gasteiger partial charge is 0.341 e. The molecule has 0 radical (unpaired) electrons. The first-order chi connectivity index (χ1) is 17.5. The lowest BCUT2D eigenvalue weighted by atomic mass is 10.0. The van der Waals surface area contributed by atoms with Crippen LogP contribution in [-0.2, 0) is 9.47 Å². The van der Waals surface area contributed by atoms with E-state index in [1.54, 1.807) is 42.6 Å². The highest BCUT2D eigenvalue weighted by Gasteiger charge is 2.34. The molecule has 0 fully saturated rings. The highest BCUT2D eigenvalue weighted by atomic mass is 19.1. The molecule has 36 heavy (non-hydrogen) atoms. The standard InChI is InChI=1S/C28H21FN2O5/c1-3-35-27(33)21-20-14-11-17-8-7-16-6-5-15-30-23(16)24(17)31(20)25(22(21)28(34)36-4-2)26(32)18-9-12-19(29)13-10-18/h5-15H,3-4H2,1-2H3. The first-order valence-corrected chi connectivity index (χ1v) is 11.5. The molecule has 3 heterocycles. The summed E-state index contributed by atoms with van der Waals surface area (Å²) >= 11 is 0. The first kappa shape index (κ1) is 23.2. The number of benzene rings is 2. The Labute approximate surface area is 205 Å². The van der Waals surface area contributed by atoms with Crippen LogP contribution in [0.5, 0.6) is 0 Å². The van der Waals surface area contributed by atoms with Crippen LogP contribution in [0.15, 0.2) is 66.9 Å². The lowest BCUT2D eigenvalue weighted by molar-refractivity contribution is 0.0480. The van der Waals surface area contributed by atoms with Crippen molar-refractivity contribution in [2.45, 2.75) is 13.8 Å². The van der Waals surface area contributed by atoms with Gasteiger partial charge >= 0.3 is 11.9 Å². The summed E-state index contributed by atoms with van der Waals surface area (Å²) in [5.41, 5.74) is 1.20. The van der Waals surface area contributed by atoms with Crippen molar-refractivity contribution in [2.24, 2.45) is 0 Å². The number of rotatable bonds is 6. The lowest BCUT2D eigenvalue weighted by Crippen LogP contribution is -2.17. The third kappa shape index (κ3) is 3.67. The fourth-order valence-corrected chi connectivity index (χ4v) is 4.43. The predicted octanol–water partition coefficient (Wildman–Crippen LogP) is 5.36. The molecule has 0 amide bonds. The van der Waals surface area contributed by atoms with Crippen LogP contribution < -0.4 is 0 Å². The summed E-state index contributed by atoms with van der Waals surface area (Å²) in [6, 6.07) is 15.9. The Kier molecular flexibility index (Phi) is 5.93. The SMILES string of the molecule is CCOC(=O)c1c(C(=O)OCC)c2ccc3ccc4cccnc4c3n2c1C(=O)c1ccc(F)cc1. The summed E-state index contributed by atoms with van der Waals surface area (Å²) in [6.45, 7) is 3.38. The van der Waals surface area contributed by atoms with Gasteiger partial charge in [0.25, 0.3) is 0 Å². The monoisotopic (exact) mass is 484 g/mol. The van der Waals surface area contributed by atoms with E-state index in [0.717, 1.165) is 22.9 Å². The van der Waals surface area contributed by atoms with Crippen molar-refractivity contribution in [1.82, 2.24) is 9.38 Å². The van der Waals surface area contributed by atoms with E-state index in [9.17, 15) is 18.8 Å². The van der Waals surface area contributed by atoms with Gasteiger partial charge in [0.05, 0.1) is 29.8 Å². The van der Waals surface area contributed by atoms with Gasteiger partial charge in [-0.3, -0.25) is 9.78 Å². The molecule has 5 aromatic rings. The van der Waals surface area contributed by atoms with E-state index in [4.69, 9.17) is 9.47 Å². The first-order valence-electron chi connectivity index (χ1n) is 11.5. The number of carbonyl (C=O) groups is 3. The van der Waals surface area contributed by atoms with Gasteiger partial charge in [-0.15, -0.1) is 0 Å². The predicted molar refractivity (Wildman–Crippen MR) is 132 cm³/mol. The van der Waals surface area contributed by atoms with Crippen LogP contribution in [0.25, 0.3) is 27.3 Å². The summed E-state index contributed by atoms with van der Waals surface area (Å²) < 4.78 is 25.8. The quantitative estimate of drug-likeness (QED) is 0.183. The number of hydrogen-bond donors (Lipinski definition) is 0. The topological polar surface area (TPSA) is 87.0 Å². The van der Waals surface area contributed by atoms with E-state index in [0.29, 0.717) is 16.6 Å². The zero-order valence-electron chi connectivity index (χ0n) is 19.6. The number of pyridine rings is 2. The molecule has 0 spiro atoms. The van der Waals surface area contributed by atoms with Gasteiger partial charge in [0, 0.05) is 22.5 Å². The van der Waals surface area contributed by atoms with Gasteiger partial charge in [0.2, 0.25) is 5.78 Å². The van der Waals surface area contributed by atoms with Crippen LogP contribution in [0.4, 0.5) is 4.39 Å². The molecule has 2 aromatic carbocycles. The van der Waals surface area contributed by atoms with Gasteiger partial charge in [-0.25, -0.2) is 14.0 Å². The number of halogens is 1. The van der Waals surface area contributed by atoms with Crippen molar-refractivity contribution >= 4 is 45.0 Å². The van der Waals surface area contributed by atoms with Crippen LogP contribution >= 0.6 is 0 Å².